The zero-order valence-electron chi connectivity index (χ0n) is 3.30. The average Bonchev–Trinajstić information content (AvgIpc) is 0.592. The molecule has 0 aromatic rings. The highest BCUT2D eigenvalue weighted by Crippen LogP contribution is 3.02. The molecule has 0 N–H and O–H groups in total. The summed E-state index contributed by atoms with van der Waals surface area (Å²) in [5.41, 5.74) is 0. The first-order valence-electron chi connectivity index (χ1n) is 1.18. The highest BCUT2D eigenvalue weighted by Gasteiger charge is 2.51. The Morgan fingerprint density at radius 3 is 1.43 bits per heavy atom. The van der Waals surface area contributed by atoms with Crippen molar-refractivity contribution in [3.63, 3.8) is 0 Å². The molecule has 0 atom stereocenters. The van der Waals surface area contributed by atoms with E-state index in [1.165, 1.54) is 0 Å². The summed E-state index contributed by atoms with van der Waals surface area (Å²) >= 11 is 0.329. The van der Waals surface area contributed by atoms with Gasteiger partial charge in [-0.3, -0.25) is 0 Å². The van der Waals surface area contributed by atoms with Crippen molar-refractivity contribution in [2.75, 3.05) is 6.26 Å². The van der Waals surface area contributed by atoms with E-state index in [1.54, 1.807) is 0 Å². The van der Waals surface area contributed by atoms with Crippen LogP contribution in [0.5, 0.6) is 0 Å². The molecule has 6 heteroatoms. The molecule has 0 nitrogen and oxygen atoms in total. The predicted molar refractivity (Wildman–Crippen MR) is 36.7 cm³/mol. The minimum Gasteiger partial charge on any atom is -0.130 e. The second-order valence-electron chi connectivity index (χ2n) is 1.35. The highest BCUT2D eigenvalue weighted by atomic mass is 127. The lowest BCUT2D eigenvalue weighted by Crippen LogP contribution is -1.93. The molecule has 0 heterocycles. The van der Waals surface area contributed by atoms with Gasteiger partial charge in [-0.25, -0.2) is 0 Å². The lowest BCUT2D eigenvalue weighted by molar-refractivity contribution is 0.629. The standard InChI is InChI=1S/CH3ClF3IS/c1-7(2,3,4,5)6/h1H3. The second-order valence-corrected chi connectivity index (χ2v) is 15.0. The monoisotopic (exact) mass is 266 g/mol. The minimum absolute atomic E-state index is 0.0993. The van der Waals surface area contributed by atoms with Crippen LogP contribution in [0.3, 0.4) is 0 Å². The van der Waals surface area contributed by atoms with Crippen molar-refractivity contribution in [3.8, 4) is 0 Å². The van der Waals surface area contributed by atoms with E-state index in [-0.39, 0.29) is 6.26 Å². The topological polar surface area (TPSA) is 0 Å². The average molecular weight is 266 g/mol. The minimum atomic E-state index is -6.53. The molecular weight excluding hydrogens is 263 g/mol. The van der Waals surface area contributed by atoms with Crippen molar-refractivity contribution in [1.29, 1.82) is 0 Å². The number of rotatable bonds is 0. The fraction of sp³-hybridized carbons (Fsp3) is 1.00. The first-order valence-corrected chi connectivity index (χ1v) is 7.11. The van der Waals surface area contributed by atoms with Crippen LogP contribution < -0.4 is 0 Å². The molecule has 0 aromatic heterocycles. The van der Waals surface area contributed by atoms with Gasteiger partial charge in [0.25, 0.3) is 0 Å². The van der Waals surface area contributed by atoms with Crippen molar-refractivity contribution in [1.82, 2.24) is 0 Å². The lowest BCUT2D eigenvalue weighted by Gasteiger charge is -2.40. The summed E-state index contributed by atoms with van der Waals surface area (Å²) in [4.78, 5) is 0. The van der Waals surface area contributed by atoms with Crippen molar-refractivity contribution < 1.29 is 11.7 Å². The predicted octanol–water partition coefficient (Wildman–Crippen LogP) is 3.65. The van der Waals surface area contributed by atoms with Gasteiger partial charge in [-0.1, -0.05) is 0 Å². The van der Waals surface area contributed by atoms with Gasteiger partial charge in [0.1, 0.15) is 0 Å². The molecular formula is CH3ClF3IS. The first-order chi connectivity index (χ1) is 2.45. The number of hydrogen-bond donors (Lipinski definition) is 0. The van der Waals surface area contributed by atoms with Crippen LogP contribution in [0.15, 0.2) is 0 Å². The third kappa shape index (κ3) is 142. The number of hydrogen-bond acceptors (Lipinski definition) is 0. The van der Waals surface area contributed by atoms with Gasteiger partial charge in [0.2, 0.25) is 0 Å². The second kappa shape index (κ2) is 1.04. The van der Waals surface area contributed by atoms with Gasteiger partial charge >= 0.3 is 0 Å². The Labute approximate surface area is 55.6 Å². The molecule has 48 valence electrons. The largest absolute Gasteiger partial charge is 0.152 e. The van der Waals surface area contributed by atoms with Crippen LogP contribution >= 0.6 is 37.7 Å². The van der Waals surface area contributed by atoms with Crippen LogP contribution in [0.4, 0.5) is 11.7 Å². The summed E-state index contributed by atoms with van der Waals surface area (Å²) in [5.74, 6) is -6.53. The SMILES string of the molecule is CS(F)(F)(F)(Cl)I. The van der Waals surface area contributed by atoms with E-state index in [0.29, 0.717) is 21.2 Å². The summed E-state index contributed by atoms with van der Waals surface area (Å²) in [7, 11) is 4.15. The van der Waals surface area contributed by atoms with E-state index in [1.807, 2.05) is 0 Å². The maximum Gasteiger partial charge on any atom is 0.152 e. The van der Waals surface area contributed by atoms with E-state index in [0.717, 1.165) is 0 Å². The van der Waals surface area contributed by atoms with Gasteiger partial charge in [0.15, 0.2) is 5.84 Å². The van der Waals surface area contributed by atoms with Crippen LogP contribution in [0, 0.1) is 0 Å². The highest BCUT2D eigenvalue weighted by molar-refractivity contribution is 14.2. The molecule has 0 unspecified atom stereocenters. The Bertz CT molecular complexity index is 73.5. The Kier molecular flexibility index (Phi) is 1.21. The zero-order valence-corrected chi connectivity index (χ0v) is 7.03. The van der Waals surface area contributed by atoms with E-state index < -0.39 is 5.84 Å². The summed E-state index contributed by atoms with van der Waals surface area (Å²) in [5, 5.41) is 0. The van der Waals surface area contributed by atoms with Gasteiger partial charge in [-0.15, -0.1) is 11.7 Å². The maximum atomic E-state index is 11.6. The molecule has 0 radical (unpaired) electrons. The van der Waals surface area contributed by atoms with Crippen molar-refractivity contribution in [2.45, 2.75) is 0 Å². The van der Waals surface area contributed by atoms with E-state index in [2.05, 4.69) is 10.7 Å². The summed E-state index contributed by atoms with van der Waals surface area (Å²) in [6.07, 6.45) is 0.0993. The van der Waals surface area contributed by atoms with Crippen LogP contribution in [-0.4, -0.2) is 6.26 Å². The Balaban J connectivity index is 4.43. The maximum absolute atomic E-state index is 11.6. The molecule has 0 fully saturated rings. The van der Waals surface area contributed by atoms with Crippen molar-refractivity contribution in [3.05, 3.63) is 0 Å². The van der Waals surface area contributed by atoms with Crippen LogP contribution in [0.2, 0.25) is 0 Å². The van der Waals surface area contributed by atoms with Crippen LogP contribution in [0.25, 0.3) is 0 Å². The van der Waals surface area contributed by atoms with Crippen LogP contribution in [-0.2, 0) is 0 Å². The third-order valence-electron chi connectivity index (χ3n) is 0. The molecule has 7 heavy (non-hydrogen) atoms. The molecule has 0 aliphatic carbocycles. The van der Waals surface area contributed by atoms with Crippen LogP contribution in [0.1, 0.15) is 0 Å². The molecule has 0 aliphatic heterocycles. The summed E-state index contributed by atoms with van der Waals surface area (Å²) in [6, 6.07) is 0. The van der Waals surface area contributed by atoms with Gasteiger partial charge in [0, 0.05) is 16.9 Å². The summed E-state index contributed by atoms with van der Waals surface area (Å²) < 4.78 is 34.8. The summed E-state index contributed by atoms with van der Waals surface area (Å²) in [6.45, 7) is 0. The van der Waals surface area contributed by atoms with Crippen molar-refractivity contribution in [2.24, 2.45) is 0 Å². The number of halogens is 5. The van der Waals surface area contributed by atoms with Gasteiger partial charge in [-0.05, 0) is 0 Å². The van der Waals surface area contributed by atoms with E-state index in [4.69, 9.17) is 0 Å². The molecule has 0 aromatic carbocycles. The molecule has 0 bridgehead atoms. The smallest absolute Gasteiger partial charge is 0.130 e. The normalized spacial score (nSPS) is 23.1. The molecule has 0 saturated carbocycles. The fourth-order valence-corrected chi connectivity index (χ4v) is 0. The zero-order chi connectivity index (χ0) is 6.41. The Morgan fingerprint density at radius 1 is 1.43 bits per heavy atom. The van der Waals surface area contributed by atoms with Crippen molar-refractivity contribution >= 4 is 37.7 Å². The van der Waals surface area contributed by atoms with E-state index >= 15 is 0 Å². The van der Waals surface area contributed by atoms with Gasteiger partial charge in [0.05, 0.1) is 21.2 Å². The Hall–Kier alpha value is 1.16. The van der Waals surface area contributed by atoms with Gasteiger partial charge < -0.3 is 0 Å². The fourth-order valence-electron chi connectivity index (χ4n) is 0. The molecule has 0 spiro atoms. The van der Waals surface area contributed by atoms with E-state index in [9.17, 15) is 11.7 Å². The molecule has 0 amide bonds. The first kappa shape index (κ1) is 8.16. The molecule has 0 rings (SSSR count). The Morgan fingerprint density at radius 2 is 1.43 bits per heavy atom. The lowest BCUT2D eigenvalue weighted by atomic mass is 12.0. The third-order valence-corrected chi connectivity index (χ3v) is 0. The van der Waals surface area contributed by atoms with Gasteiger partial charge in [-0.2, -0.15) is 0 Å². The molecule has 0 saturated heterocycles. The molecule has 0 aliphatic rings. The quantitative estimate of drug-likeness (QED) is 0.587.